The molecule has 96 heavy (non-hydrogen) atoms. The second-order valence-electron chi connectivity index (χ2n) is 28.2. The summed E-state index contributed by atoms with van der Waals surface area (Å²) in [7, 11) is 0. The first-order valence-corrected chi connectivity index (χ1v) is 43.0. The van der Waals surface area contributed by atoms with E-state index in [1.165, 1.54) is 256 Å². The number of unbranched alkanes of at least 4 members (excludes halogenated alkanes) is 14. The summed E-state index contributed by atoms with van der Waals surface area (Å²) in [6.45, 7) is 20.1. The van der Waals surface area contributed by atoms with Crippen LogP contribution in [0.25, 0.3) is 48.4 Å². The molecule has 8 heteroatoms. The lowest BCUT2D eigenvalue weighted by atomic mass is 9.67. The van der Waals surface area contributed by atoms with Crippen molar-refractivity contribution in [3.05, 3.63) is 199 Å². The maximum absolute atomic E-state index is 6.98. The smallest absolute Gasteiger partial charge is 0.138 e. The Bertz CT molecular complexity index is 3650. The molecule has 10 aromatic rings. The Morgan fingerprint density at radius 3 is 0.927 bits per heavy atom. The standard InChI is InChI=1S/C88H108O2S6/c1-9-17-23-27-33-63-37-45-67(46-38-63)87(68-47-39-64(40-48-68)34-28-24-18-10-2)71-57-75(81-73(53-55-91-81)89-59-61(15-7)31-21-13-5)93-79(71)83-77(87)85-86(95-83)78-84(96-85)80-72(58-76(94-80)82-74(54-56-92-82)90-60-62(16-8)32-22-14-6)88(78,69-49-41-65(42-50-69)35-29-25-19-11-3)70-51-43-66(44-52-70)36-30-26-20-12-4/h37-58,61-62H,9-36,59-60H2,1-8H3. The lowest BCUT2D eigenvalue weighted by Gasteiger charge is -2.34. The highest BCUT2D eigenvalue weighted by Gasteiger charge is 2.55. The van der Waals surface area contributed by atoms with Gasteiger partial charge in [0.05, 0.1) is 62.7 Å². The van der Waals surface area contributed by atoms with E-state index in [0.29, 0.717) is 11.8 Å². The van der Waals surface area contributed by atoms with Crippen LogP contribution in [0.4, 0.5) is 0 Å². The molecule has 0 N–H and O–H groups in total. The first-order valence-electron chi connectivity index (χ1n) is 38.0. The predicted octanol–water partition coefficient (Wildman–Crippen LogP) is 29.0. The molecule has 2 atom stereocenters. The number of hydrogen-bond donors (Lipinski definition) is 0. The summed E-state index contributed by atoms with van der Waals surface area (Å²) in [6, 6.07) is 50.3. The fraction of sp³-hybridized carbons (Fsp3) is 0.477. The number of thiophene rings is 6. The van der Waals surface area contributed by atoms with Crippen molar-refractivity contribution in [3.63, 3.8) is 0 Å². The topological polar surface area (TPSA) is 18.5 Å². The molecule has 508 valence electrons. The van der Waals surface area contributed by atoms with Crippen LogP contribution in [0.3, 0.4) is 0 Å². The first kappa shape index (κ1) is 70.8. The lowest BCUT2D eigenvalue weighted by Crippen LogP contribution is -2.29. The molecule has 0 saturated carbocycles. The Labute approximate surface area is 602 Å². The van der Waals surface area contributed by atoms with E-state index in [-0.39, 0.29) is 0 Å². The predicted molar refractivity (Wildman–Crippen MR) is 426 cm³/mol. The highest BCUT2D eigenvalue weighted by atomic mass is 32.1. The van der Waals surface area contributed by atoms with E-state index < -0.39 is 10.8 Å². The number of ether oxygens (including phenoxy) is 2. The number of fused-ring (bicyclic) bond motifs is 9. The summed E-state index contributed by atoms with van der Waals surface area (Å²) >= 11 is 12.0. The SMILES string of the molecule is CCCCCCc1ccc(C2(c3ccc(CCCCCC)cc3)c3cc(-c4sccc4OCC(CC)CCCC)sc3-c3sc4c5c(sc4c32)-c2sc(-c3sccc3OCC(CC)CCCC)cc2C5(c2ccc(CCCCCC)cc2)c2ccc(CCCCCC)cc2)cc1. The van der Waals surface area contributed by atoms with Crippen LogP contribution in [0.15, 0.2) is 132 Å². The largest absolute Gasteiger partial charge is 0.492 e. The van der Waals surface area contributed by atoms with E-state index in [4.69, 9.17) is 9.47 Å². The van der Waals surface area contributed by atoms with Crippen LogP contribution in [0.2, 0.25) is 0 Å². The molecule has 0 fully saturated rings. The third-order valence-electron chi connectivity index (χ3n) is 21.5. The van der Waals surface area contributed by atoms with E-state index in [9.17, 15) is 0 Å². The normalized spacial score (nSPS) is 14.1. The molecule has 4 aromatic carbocycles. The summed E-state index contributed by atoms with van der Waals surface area (Å²) in [4.78, 5) is 10.9. The molecule has 0 radical (unpaired) electrons. The molecule has 6 aromatic heterocycles. The van der Waals surface area contributed by atoms with Gasteiger partial charge in [0.15, 0.2) is 0 Å². The monoisotopic (exact) mass is 1390 g/mol. The van der Waals surface area contributed by atoms with Gasteiger partial charge in [-0.3, -0.25) is 0 Å². The molecule has 2 aliphatic carbocycles. The van der Waals surface area contributed by atoms with E-state index in [2.05, 4.69) is 210 Å². The Hall–Kier alpha value is -5.06. The molecule has 2 unspecified atom stereocenters. The minimum atomic E-state index is -0.578. The molecule has 12 rings (SSSR count). The molecule has 0 aliphatic heterocycles. The average Bonchev–Trinajstić information content (AvgIpc) is 1.49. The number of benzene rings is 4. The van der Waals surface area contributed by atoms with Crippen molar-refractivity contribution in [1.29, 1.82) is 0 Å². The van der Waals surface area contributed by atoms with Gasteiger partial charge in [0.2, 0.25) is 0 Å². The maximum Gasteiger partial charge on any atom is 0.138 e. The van der Waals surface area contributed by atoms with E-state index in [1.54, 1.807) is 0 Å². The van der Waals surface area contributed by atoms with E-state index >= 15 is 0 Å². The summed E-state index contributed by atoms with van der Waals surface area (Å²) in [5.41, 5.74) is 15.9. The Kier molecular flexibility index (Phi) is 25.0. The van der Waals surface area contributed by atoms with Gasteiger partial charge in [0.25, 0.3) is 0 Å². The zero-order valence-corrected chi connectivity index (χ0v) is 64.2. The van der Waals surface area contributed by atoms with Gasteiger partial charge >= 0.3 is 0 Å². The molecule has 0 saturated heterocycles. The molecule has 0 bridgehead atoms. The highest BCUT2D eigenvalue weighted by Crippen LogP contribution is 2.71. The van der Waals surface area contributed by atoms with Gasteiger partial charge < -0.3 is 9.47 Å². The highest BCUT2D eigenvalue weighted by molar-refractivity contribution is 7.35. The fourth-order valence-electron chi connectivity index (χ4n) is 15.7. The quantitative estimate of drug-likeness (QED) is 0.0356. The van der Waals surface area contributed by atoms with Crippen molar-refractivity contribution < 1.29 is 9.47 Å². The molecule has 2 nitrogen and oxygen atoms in total. The van der Waals surface area contributed by atoms with Gasteiger partial charge in [-0.15, -0.1) is 68.0 Å². The summed E-state index contributed by atoms with van der Waals surface area (Å²) in [5, 5.41) is 4.54. The number of rotatable bonds is 40. The Balaban J connectivity index is 1.11. The third-order valence-corrected chi connectivity index (χ3v) is 28.8. The molecular weight excluding hydrogens is 1280 g/mol. The van der Waals surface area contributed by atoms with Crippen LogP contribution < -0.4 is 9.47 Å². The summed E-state index contributed by atoms with van der Waals surface area (Å²) < 4.78 is 16.9. The van der Waals surface area contributed by atoms with Crippen LogP contribution in [0.5, 0.6) is 11.5 Å². The average molecular weight is 1390 g/mol. The first-order chi connectivity index (χ1) is 47.3. The van der Waals surface area contributed by atoms with Gasteiger partial charge in [-0.2, -0.15) is 0 Å². The van der Waals surface area contributed by atoms with E-state index in [0.717, 1.165) is 63.2 Å². The van der Waals surface area contributed by atoms with Gasteiger partial charge in [-0.1, -0.05) is 268 Å². The van der Waals surface area contributed by atoms with Crippen molar-refractivity contribution in [2.45, 2.75) is 246 Å². The summed E-state index contributed by atoms with van der Waals surface area (Å²) in [6.07, 6.45) is 34.3. The van der Waals surface area contributed by atoms with Gasteiger partial charge in [0.1, 0.15) is 11.5 Å². The molecule has 6 heterocycles. The van der Waals surface area contributed by atoms with Crippen LogP contribution in [0.1, 0.15) is 276 Å². The second-order valence-corrected chi connectivity index (χ2v) is 34.2. The zero-order valence-electron chi connectivity index (χ0n) is 59.3. The van der Waals surface area contributed by atoms with Crippen LogP contribution in [-0.4, -0.2) is 13.2 Å². The third kappa shape index (κ3) is 14.6. The second kappa shape index (κ2) is 33.9. The number of hydrogen-bond acceptors (Lipinski definition) is 8. The minimum Gasteiger partial charge on any atom is -0.492 e. The Morgan fingerprint density at radius 2 is 0.635 bits per heavy atom. The lowest BCUT2D eigenvalue weighted by molar-refractivity contribution is 0.235. The van der Waals surface area contributed by atoms with Crippen molar-refractivity contribution in [1.82, 2.24) is 0 Å². The Morgan fingerprint density at radius 1 is 0.323 bits per heavy atom. The van der Waals surface area contributed by atoms with Gasteiger partial charge in [-0.25, -0.2) is 0 Å². The zero-order chi connectivity index (χ0) is 66.4. The van der Waals surface area contributed by atoms with Crippen LogP contribution in [-0.2, 0) is 36.5 Å². The van der Waals surface area contributed by atoms with Gasteiger partial charge in [0, 0.05) is 20.9 Å². The van der Waals surface area contributed by atoms with E-state index in [1.807, 2.05) is 45.3 Å². The van der Waals surface area contributed by atoms with Gasteiger partial charge in [-0.05, 0) is 167 Å². The van der Waals surface area contributed by atoms with Crippen molar-refractivity contribution in [2.75, 3.05) is 13.2 Å². The fourth-order valence-corrected chi connectivity index (χ4v) is 23.5. The summed E-state index contributed by atoms with van der Waals surface area (Å²) in [5.74, 6) is 3.19. The molecule has 0 spiro atoms. The van der Waals surface area contributed by atoms with Crippen LogP contribution in [0, 0.1) is 11.8 Å². The van der Waals surface area contributed by atoms with Crippen molar-refractivity contribution >= 4 is 77.4 Å². The molecule has 0 amide bonds. The minimum absolute atomic E-state index is 0.553. The van der Waals surface area contributed by atoms with Crippen molar-refractivity contribution in [3.8, 4) is 50.5 Å². The van der Waals surface area contributed by atoms with Crippen molar-refractivity contribution in [2.24, 2.45) is 11.8 Å². The molecular formula is C88H108O2S6. The maximum atomic E-state index is 6.98. The molecule has 2 aliphatic rings. The van der Waals surface area contributed by atoms with Crippen LogP contribution >= 0.6 is 68.0 Å². The number of aryl methyl sites for hydroxylation is 4.